The SMILES string of the molecule is COc1ccc(C=Nc2ccc(C)cc2N)cc1. The maximum absolute atomic E-state index is 5.90. The molecule has 0 unspecified atom stereocenters. The predicted octanol–water partition coefficient (Wildman–Crippen LogP) is 3.34. The maximum atomic E-state index is 5.90. The van der Waals surface area contributed by atoms with Crippen molar-refractivity contribution in [2.45, 2.75) is 6.92 Å². The molecule has 0 atom stereocenters. The second-order valence-corrected chi connectivity index (χ2v) is 4.09. The van der Waals surface area contributed by atoms with Crippen molar-refractivity contribution in [2.24, 2.45) is 4.99 Å². The average molecular weight is 240 g/mol. The van der Waals surface area contributed by atoms with E-state index in [1.807, 2.05) is 49.4 Å². The lowest BCUT2D eigenvalue weighted by Crippen LogP contribution is -1.87. The number of nitrogens with two attached hydrogens (primary N) is 1. The van der Waals surface area contributed by atoms with E-state index in [-0.39, 0.29) is 0 Å². The van der Waals surface area contributed by atoms with Gasteiger partial charge in [0, 0.05) is 6.21 Å². The number of ether oxygens (including phenoxy) is 1. The van der Waals surface area contributed by atoms with Crippen molar-refractivity contribution in [1.29, 1.82) is 0 Å². The van der Waals surface area contributed by atoms with E-state index in [2.05, 4.69) is 4.99 Å². The third-order valence-electron chi connectivity index (χ3n) is 2.65. The summed E-state index contributed by atoms with van der Waals surface area (Å²) in [6.45, 7) is 2.01. The molecule has 2 N–H and O–H groups in total. The summed E-state index contributed by atoms with van der Waals surface area (Å²) in [5, 5.41) is 0. The number of aliphatic imine (C=N–C) groups is 1. The maximum Gasteiger partial charge on any atom is 0.118 e. The van der Waals surface area contributed by atoms with Crippen LogP contribution in [-0.4, -0.2) is 13.3 Å². The van der Waals surface area contributed by atoms with E-state index in [4.69, 9.17) is 10.5 Å². The predicted molar refractivity (Wildman–Crippen MR) is 75.8 cm³/mol. The van der Waals surface area contributed by atoms with Gasteiger partial charge in [0.1, 0.15) is 5.75 Å². The molecule has 0 heterocycles. The molecule has 2 aromatic carbocycles. The summed E-state index contributed by atoms with van der Waals surface area (Å²) in [5.74, 6) is 0.835. The molecule has 0 saturated carbocycles. The minimum atomic E-state index is 0.694. The Morgan fingerprint density at radius 3 is 2.44 bits per heavy atom. The molecule has 2 aromatic rings. The number of rotatable bonds is 3. The fourth-order valence-electron chi connectivity index (χ4n) is 1.63. The molecule has 0 bridgehead atoms. The fourth-order valence-corrected chi connectivity index (χ4v) is 1.63. The molecule has 3 heteroatoms. The van der Waals surface area contributed by atoms with Crippen molar-refractivity contribution in [2.75, 3.05) is 12.8 Å². The van der Waals surface area contributed by atoms with Crippen LogP contribution in [0.25, 0.3) is 0 Å². The van der Waals surface area contributed by atoms with E-state index in [0.717, 1.165) is 22.6 Å². The Balaban J connectivity index is 2.19. The first-order valence-corrected chi connectivity index (χ1v) is 5.73. The molecule has 0 amide bonds. The quantitative estimate of drug-likeness (QED) is 0.660. The molecule has 3 nitrogen and oxygen atoms in total. The summed E-state index contributed by atoms with van der Waals surface area (Å²) in [4.78, 5) is 4.38. The zero-order valence-corrected chi connectivity index (χ0v) is 10.6. The number of anilines is 1. The van der Waals surface area contributed by atoms with Crippen LogP contribution in [0, 0.1) is 6.92 Å². The van der Waals surface area contributed by atoms with Crippen LogP contribution in [0.15, 0.2) is 47.5 Å². The summed E-state index contributed by atoms with van der Waals surface area (Å²) < 4.78 is 5.10. The minimum Gasteiger partial charge on any atom is -0.497 e. The summed E-state index contributed by atoms with van der Waals surface area (Å²) in [5.41, 5.74) is 9.53. The summed E-state index contributed by atoms with van der Waals surface area (Å²) in [6, 6.07) is 13.5. The largest absolute Gasteiger partial charge is 0.497 e. The molecule has 0 aliphatic heterocycles. The summed E-state index contributed by atoms with van der Waals surface area (Å²) in [7, 11) is 1.65. The van der Waals surface area contributed by atoms with Crippen LogP contribution in [0.4, 0.5) is 11.4 Å². The van der Waals surface area contributed by atoms with E-state index >= 15 is 0 Å². The fraction of sp³-hybridized carbons (Fsp3) is 0.133. The second kappa shape index (κ2) is 5.36. The van der Waals surface area contributed by atoms with E-state index in [9.17, 15) is 0 Å². The van der Waals surface area contributed by atoms with Gasteiger partial charge < -0.3 is 10.5 Å². The molecule has 0 saturated heterocycles. The van der Waals surface area contributed by atoms with Crippen LogP contribution in [0.5, 0.6) is 5.75 Å². The van der Waals surface area contributed by atoms with Crippen molar-refractivity contribution in [3.8, 4) is 5.75 Å². The topological polar surface area (TPSA) is 47.6 Å². The van der Waals surface area contributed by atoms with Gasteiger partial charge >= 0.3 is 0 Å². The van der Waals surface area contributed by atoms with Gasteiger partial charge in [-0.1, -0.05) is 6.07 Å². The monoisotopic (exact) mass is 240 g/mol. The van der Waals surface area contributed by atoms with Crippen LogP contribution >= 0.6 is 0 Å². The van der Waals surface area contributed by atoms with E-state index in [1.165, 1.54) is 0 Å². The van der Waals surface area contributed by atoms with Gasteiger partial charge in [-0.2, -0.15) is 0 Å². The van der Waals surface area contributed by atoms with Crippen LogP contribution < -0.4 is 10.5 Å². The zero-order valence-electron chi connectivity index (χ0n) is 10.6. The zero-order chi connectivity index (χ0) is 13.0. The highest BCUT2D eigenvalue weighted by Gasteiger charge is 1.96. The van der Waals surface area contributed by atoms with E-state index < -0.39 is 0 Å². The number of hydrogen-bond acceptors (Lipinski definition) is 3. The highest BCUT2D eigenvalue weighted by atomic mass is 16.5. The normalized spacial score (nSPS) is 10.8. The lowest BCUT2D eigenvalue weighted by Gasteiger charge is -2.01. The van der Waals surface area contributed by atoms with Gasteiger partial charge in [0.05, 0.1) is 18.5 Å². The molecule has 2 rings (SSSR count). The van der Waals surface area contributed by atoms with E-state index in [0.29, 0.717) is 5.69 Å². The van der Waals surface area contributed by atoms with Crippen LogP contribution in [0.1, 0.15) is 11.1 Å². The molecule has 0 aromatic heterocycles. The molecule has 18 heavy (non-hydrogen) atoms. The van der Waals surface area contributed by atoms with Crippen LogP contribution in [0.3, 0.4) is 0 Å². The number of nitrogen functional groups attached to an aromatic ring is 1. The van der Waals surface area contributed by atoms with Crippen molar-refractivity contribution >= 4 is 17.6 Å². The standard InChI is InChI=1S/C15H16N2O/c1-11-3-8-15(14(16)9-11)17-10-12-4-6-13(18-2)7-5-12/h3-10H,16H2,1-2H3. The molecule has 0 radical (unpaired) electrons. The lowest BCUT2D eigenvalue weighted by molar-refractivity contribution is 0.415. The molecule has 0 fully saturated rings. The number of nitrogens with zero attached hydrogens (tertiary/aromatic N) is 1. The van der Waals surface area contributed by atoms with Gasteiger partial charge in [0.2, 0.25) is 0 Å². The molecule has 0 aliphatic rings. The van der Waals surface area contributed by atoms with Gasteiger partial charge in [0.15, 0.2) is 0 Å². The highest BCUT2D eigenvalue weighted by molar-refractivity contribution is 5.84. The van der Waals surface area contributed by atoms with E-state index in [1.54, 1.807) is 13.3 Å². The molecular formula is C15H16N2O. The average Bonchev–Trinajstić information content (AvgIpc) is 2.38. The number of benzene rings is 2. The molecule has 92 valence electrons. The molecule has 0 spiro atoms. The number of hydrogen-bond donors (Lipinski definition) is 1. The van der Waals surface area contributed by atoms with Crippen molar-refractivity contribution in [3.05, 3.63) is 53.6 Å². The van der Waals surface area contributed by atoms with Crippen molar-refractivity contribution in [3.63, 3.8) is 0 Å². The molecule has 0 aliphatic carbocycles. The first kappa shape index (κ1) is 12.2. The Kier molecular flexibility index (Phi) is 3.63. The Labute approximate surface area is 107 Å². The first-order valence-electron chi connectivity index (χ1n) is 5.73. The van der Waals surface area contributed by atoms with Crippen molar-refractivity contribution < 1.29 is 4.74 Å². The first-order chi connectivity index (χ1) is 8.69. The smallest absolute Gasteiger partial charge is 0.118 e. The third-order valence-corrected chi connectivity index (χ3v) is 2.65. The third kappa shape index (κ3) is 2.88. The Morgan fingerprint density at radius 2 is 1.83 bits per heavy atom. The minimum absolute atomic E-state index is 0.694. The summed E-state index contributed by atoms with van der Waals surface area (Å²) >= 11 is 0. The van der Waals surface area contributed by atoms with Crippen LogP contribution in [0.2, 0.25) is 0 Å². The lowest BCUT2D eigenvalue weighted by atomic mass is 10.2. The van der Waals surface area contributed by atoms with Gasteiger partial charge in [0.25, 0.3) is 0 Å². The number of aryl methyl sites for hydroxylation is 1. The summed E-state index contributed by atoms with van der Waals surface area (Å²) in [6.07, 6.45) is 1.79. The van der Waals surface area contributed by atoms with Gasteiger partial charge in [-0.15, -0.1) is 0 Å². The van der Waals surface area contributed by atoms with Gasteiger partial charge in [-0.05, 0) is 54.4 Å². The Morgan fingerprint density at radius 1 is 1.11 bits per heavy atom. The highest BCUT2D eigenvalue weighted by Crippen LogP contribution is 2.22. The van der Waals surface area contributed by atoms with Gasteiger partial charge in [-0.25, -0.2) is 0 Å². The number of methoxy groups -OCH3 is 1. The second-order valence-electron chi connectivity index (χ2n) is 4.09. The molecular weight excluding hydrogens is 224 g/mol. The Hall–Kier alpha value is -2.29. The van der Waals surface area contributed by atoms with Crippen molar-refractivity contribution in [1.82, 2.24) is 0 Å². The van der Waals surface area contributed by atoms with Gasteiger partial charge in [-0.3, -0.25) is 4.99 Å². The van der Waals surface area contributed by atoms with Crippen LogP contribution in [-0.2, 0) is 0 Å². The Bertz CT molecular complexity index is 559.